The molecule has 1 aromatic rings. The Morgan fingerprint density at radius 3 is 1.89 bits per heavy atom. The van der Waals surface area contributed by atoms with E-state index in [2.05, 4.69) is 0 Å². The summed E-state index contributed by atoms with van der Waals surface area (Å²) in [6.45, 7) is 3.73. The van der Waals surface area contributed by atoms with Crippen LogP contribution in [0.1, 0.15) is 13.8 Å². The largest absolute Gasteiger partial charge is 0.530 e. The Kier molecular flexibility index (Phi) is 6.25. The Morgan fingerprint density at radius 2 is 1.50 bits per heavy atom. The molecule has 0 unspecified atom stereocenters. The number of benzene rings is 1. The van der Waals surface area contributed by atoms with Crippen LogP contribution in [-0.4, -0.2) is 13.2 Å². The number of rotatable bonds is 6. The van der Waals surface area contributed by atoms with Crippen molar-refractivity contribution in [1.29, 1.82) is 0 Å². The fourth-order valence-electron chi connectivity index (χ4n) is 1.12. The van der Waals surface area contributed by atoms with E-state index in [1.165, 1.54) is 12.1 Å². The van der Waals surface area contributed by atoms with Crippen LogP contribution in [-0.2, 0) is 13.6 Å². The van der Waals surface area contributed by atoms with Crippen molar-refractivity contribution in [3.8, 4) is 5.75 Å². The molecule has 0 spiro atoms. The lowest BCUT2D eigenvalue weighted by atomic mass is 10.3. The van der Waals surface area contributed by atoms with Crippen molar-refractivity contribution >= 4 is 42.6 Å². The molecule has 1 rings (SSSR count). The van der Waals surface area contributed by atoms with Crippen molar-refractivity contribution in [2.45, 2.75) is 13.8 Å². The van der Waals surface area contributed by atoms with Crippen molar-refractivity contribution in [3.63, 3.8) is 0 Å². The monoisotopic (exact) mass is 332 g/mol. The molecular formula is C10H12Cl3O4P. The summed E-state index contributed by atoms with van der Waals surface area (Å²) in [5.74, 6) is 0.166. The summed E-state index contributed by atoms with van der Waals surface area (Å²) in [6.07, 6.45) is 0. The molecule has 0 atom stereocenters. The van der Waals surface area contributed by atoms with Crippen LogP contribution in [0.3, 0.4) is 0 Å². The lowest BCUT2D eigenvalue weighted by Crippen LogP contribution is -2.02. The number of hydrogen-bond acceptors (Lipinski definition) is 4. The highest BCUT2D eigenvalue weighted by atomic mass is 35.5. The molecule has 8 heteroatoms. The molecule has 0 saturated carbocycles. The van der Waals surface area contributed by atoms with Gasteiger partial charge in [0.15, 0.2) is 0 Å². The summed E-state index contributed by atoms with van der Waals surface area (Å²) in [6, 6.07) is 2.78. The summed E-state index contributed by atoms with van der Waals surface area (Å²) in [7, 11) is -3.66. The zero-order chi connectivity index (χ0) is 13.8. The summed E-state index contributed by atoms with van der Waals surface area (Å²) >= 11 is 17.5. The molecule has 0 bridgehead atoms. The van der Waals surface area contributed by atoms with E-state index in [9.17, 15) is 4.57 Å². The van der Waals surface area contributed by atoms with Crippen molar-refractivity contribution in [3.05, 3.63) is 27.2 Å². The van der Waals surface area contributed by atoms with E-state index in [-0.39, 0.29) is 34.0 Å². The third-order valence-electron chi connectivity index (χ3n) is 1.75. The topological polar surface area (TPSA) is 44.8 Å². The minimum absolute atomic E-state index is 0.166. The zero-order valence-electron chi connectivity index (χ0n) is 9.78. The minimum atomic E-state index is -3.66. The second kappa shape index (κ2) is 6.99. The summed E-state index contributed by atoms with van der Waals surface area (Å²) < 4.78 is 27.2. The van der Waals surface area contributed by atoms with Gasteiger partial charge in [-0.25, -0.2) is 4.57 Å². The lowest BCUT2D eigenvalue weighted by Gasteiger charge is -2.17. The van der Waals surface area contributed by atoms with Crippen LogP contribution in [0.4, 0.5) is 0 Å². The normalized spacial score (nSPS) is 11.6. The van der Waals surface area contributed by atoms with Gasteiger partial charge in [-0.3, -0.25) is 9.05 Å². The molecular weight excluding hydrogens is 321 g/mol. The number of hydrogen-bond donors (Lipinski definition) is 0. The van der Waals surface area contributed by atoms with Gasteiger partial charge in [0.25, 0.3) is 0 Å². The van der Waals surface area contributed by atoms with E-state index < -0.39 is 7.82 Å². The summed E-state index contributed by atoms with van der Waals surface area (Å²) in [4.78, 5) is 0. The Bertz CT molecular complexity index is 433. The van der Waals surface area contributed by atoms with E-state index in [1.54, 1.807) is 13.8 Å². The number of halogens is 3. The highest BCUT2D eigenvalue weighted by Gasteiger charge is 2.27. The second-order valence-electron chi connectivity index (χ2n) is 3.07. The van der Waals surface area contributed by atoms with Gasteiger partial charge in [-0.1, -0.05) is 34.8 Å². The second-order valence-corrected chi connectivity index (χ2v) is 5.86. The first-order valence-electron chi connectivity index (χ1n) is 5.15. The third kappa shape index (κ3) is 4.30. The van der Waals surface area contributed by atoms with Crippen molar-refractivity contribution in [1.82, 2.24) is 0 Å². The molecule has 4 nitrogen and oxygen atoms in total. The van der Waals surface area contributed by atoms with E-state index in [0.717, 1.165) is 0 Å². The molecule has 0 heterocycles. The van der Waals surface area contributed by atoms with Gasteiger partial charge in [0.1, 0.15) is 5.75 Å². The first kappa shape index (κ1) is 16.1. The highest BCUT2D eigenvalue weighted by molar-refractivity contribution is 7.48. The molecule has 0 amide bonds. The SMILES string of the molecule is CCOP(=O)(OCC)Oc1cc(Cl)c(Cl)c(Cl)c1. The molecule has 0 aliphatic rings. The van der Waals surface area contributed by atoms with Gasteiger partial charge in [-0.15, -0.1) is 0 Å². The molecule has 0 saturated heterocycles. The first-order chi connectivity index (χ1) is 8.41. The van der Waals surface area contributed by atoms with E-state index >= 15 is 0 Å². The maximum Gasteiger partial charge on any atom is 0.530 e. The van der Waals surface area contributed by atoms with Crippen LogP contribution >= 0.6 is 42.6 Å². The van der Waals surface area contributed by atoms with Gasteiger partial charge in [-0.2, -0.15) is 0 Å². The molecule has 0 N–H and O–H groups in total. The maximum atomic E-state index is 12.1. The average molecular weight is 334 g/mol. The standard InChI is InChI=1S/C10H12Cl3O4P/c1-3-15-18(14,16-4-2)17-7-5-8(11)10(13)9(12)6-7/h5-6H,3-4H2,1-2H3. The van der Waals surface area contributed by atoms with Gasteiger partial charge < -0.3 is 4.52 Å². The molecule has 0 aromatic heterocycles. The van der Waals surface area contributed by atoms with Crippen LogP contribution in [0.5, 0.6) is 5.75 Å². The number of phosphoric acid groups is 1. The van der Waals surface area contributed by atoms with Crippen LogP contribution in [0, 0.1) is 0 Å². The molecule has 102 valence electrons. The lowest BCUT2D eigenvalue weighted by molar-refractivity contribution is 0.167. The molecule has 0 aliphatic carbocycles. The predicted octanol–water partition coefficient (Wildman–Crippen LogP) is 5.21. The minimum Gasteiger partial charge on any atom is -0.404 e. The Balaban J connectivity index is 2.98. The van der Waals surface area contributed by atoms with Gasteiger partial charge in [0.2, 0.25) is 0 Å². The first-order valence-corrected chi connectivity index (χ1v) is 7.74. The van der Waals surface area contributed by atoms with Crippen LogP contribution in [0.2, 0.25) is 15.1 Å². The molecule has 0 radical (unpaired) electrons. The molecule has 18 heavy (non-hydrogen) atoms. The van der Waals surface area contributed by atoms with Gasteiger partial charge >= 0.3 is 7.82 Å². The highest BCUT2D eigenvalue weighted by Crippen LogP contribution is 2.50. The Labute approximate surface area is 121 Å². The van der Waals surface area contributed by atoms with Crippen LogP contribution in [0.15, 0.2) is 12.1 Å². The van der Waals surface area contributed by atoms with Crippen molar-refractivity contribution < 1.29 is 18.1 Å². The quantitative estimate of drug-likeness (QED) is 0.530. The average Bonchev–Trinajstić information content (AvgIpc) is 2.26. The summed E-state index contributed by atoms with van der Waals surface area (Å²) in [5.41, 5.74) is 0. The summed E-state index contributed by atoms with van der Waals surface area (Å²) in [5, 5.41) is 0.589. The van der Waals surface area contributed by atoms with E-state index in [1.807, 2.05) is 0 Å². The number of phosphoric ester groups is 1. The van der Waals surface area contributed by atoms with Gasteiger partial charge in [0, 0.05) is 12.1 Å². The maximum absolute atomic E-state index is 12.1. The van der Waals surface area contributed by atoms with Gasteiger partial charge in [0.05, 0.1) is 28.3 Å². The fraction of sp³-hybridized carbons (Fsp3) is 0.400. The smallest absolute Gasteiger partial charge is 0.404 e. The van der Waals surface area contributed by atoms with Crippen LogP contribution < -0.4 is 4.52 Å². The van der Waals surface area contributed by atoms with E-state index in [0.29, 0.717) is 0 Å². The fourth-order valence-corrected chi connectivity index (χ4v) is 2.87. The zero-order valence-corrected chi connectivity index (χ0v) is 12.9. The predicted molar refractivity (Wildman–Crippen MR) is 73.0 cm³/mol. The molecule has 0 fully saturated rings. The van der Waals surface area contributed by atoms with Gasteiger partial charge in [-0.05, 0) is 13.8 Å². The molecule has 1 aromatic carbocycles. The van der Waals surface area contributed by atoms with E-state index in [4.69, 9.17) is 48.4 Å². The third-order valence-corrected chi connectivity index (χ3v) is 4.53. The van der Waals surface area contributed by atoms with Crippen molar-refractivity contribution in [2.24, 2.45) is 0 Å². The Morgan fingerprint density at radius 1 is 1.06 bits per heavy atom. The molecule has 0 aliphatic heterocycles. The van der Waals surface area contributed by atoms with Crippen molar-refractivity contribution in [2.75, 3.05) is 13.2 Å². The van der Waals surface area contributed by atoms with Crippen LogP contribution in [0.25, 0.3) is 0 Å². The Hall–Kier alpha value is 0.0400.